The molecule has 0 spiro atoms. The van der Waals surface area contributed by atoms with Crippen molar-refractivity contribution in [3.8, 4) is 11.5 Å². The summed E-state index contributed by atoms with van der Waals surface area (Å²) in [4.78, 5) is 4.35. The molecule has 3 rings (SSSR count). The number of nitrogens with one attached hydrogen (secondary N) is 2. The molecule has 0 radical (unpaired) electrons. The highest BCUT2D eigenvalue weighted by atomic mass is 16.5. The molecule has 0 amide bonds. The van der Waals surface area contributed by atoms with Crippen LogP contribution in [0.3, 0.4) is 0 Å². The number of rotatable bonds is 11. The summed E-state index contributed by atoms with van der Waals surface area (Å²) in [5, 5.41) is 11.1. The molecule has 0 aliphatic rings. The Labute approximate surface area is 190 Å². The molecule has 0 aliphatic heterocycles. The van der Waals surface area contributed by atoms with E-state index < -0.39 is 0 Å². The lowest BCUT2D eigenvalue weighted by Gasteiger charge is -2.15. The number of aryl methyl sites for hydroxylation is 1. The van der Waals surface area contributed by atoms with Crippen LogP contribution in [0.4, 0.5) is 0 Å². The smallest absolute Gasteiger partial charge is 0.191 e. The lowest BCUT2D eigenvalue weighted by molar-refractivity contribution is 0.310. The van der Waals surface area contributed by atoms with Gasteiger partial charge >= 0.3 is 0 Å². The summed E-state index contributed by atoms with van der Waals surface area (Å²) >= 11 is 0. The molecule has 2 N–H and O–H groups in total. The first kappa shape index (κ1) is 23.2. The first-order chi connectivity index (χ1) is 15.7. The topological polar surface area (TPSA) is 72.7 Å². The monoisotopic (exact) mass is 435 g/mol. The molecule has 0 fully saturated rings. The average Bonchev–Trinajstić information content (AvgIpc) is 3.33. The number of ether oxygens (including phenoxy) is 2. The minimum atomic E-state index is 0.619. The van der Waals surface area contributed by atoms with Gasteiger partial charge in [-0.2, -0.15) is 5.10 Å². The molecule has 1 aromatic heterocycles. The molecular formula is C25H33N5O2. The fourth-order valence-corrected chi connectivity index (χ4v) is 3.50. The van der Waals surface area contributed by atoms with Crippen LogP contribution in [0.1, 0.15) is 30.0 Å². The fraction of sp³-hybridized carbons (Fsp3) is 0.360. The lowest BCUT2D eigenvalue weighted by atomic mass is 10.1. The van der Waals surface area contributed by atoms with Gasteiger partial charge in [-0.25, -0.2) is 0 Å². The quantitative estimate of drug-likeness (QED) is 0.273. The van der Waals surface area contributed by atoms with E-state index in [1.165, 1.54) is 16.7 Å². The number of hydrogen-bond donors (Lipinski definition) is 2. The second kappa shape index (κ2) is 12.4. The van der Waals surface area contributed by atoms with Gasteiger partial charge in [0.2, 0.25) is 0 Å². The maximum Gasteiger partial charge on any atom is 0.191 e. The Morgan fingerprint density at radius 1 is 1.06 bits per heavy atom. The number of hydrogen-bond acceptors (Lipinski definition) is 4. The summed E-state index contributed by atoms with van der Waals surface area (Å²) in [6, 6.07) is 16.5. The van der Waals surface area contributed by atoms with E-state index in [-0.39, 0.29) is 0 Å². The van der Waals surface area contributed by atoms with Crippen LogP contribution in [0, 0.1) is 0 Å². The third kappa shape index (κ3) is 6.77. The number of benzene rings is 2. The molecule has 2 aromatic carbocycles. The van der Waals surface area contributed by atoms with Gasteiger partial charge in [-0.15, -0.1) is 0 Å². The maximum absolute atomic E-state index is 5.67. The van der Waals surface area contributed by atoms with Gasteiger partial charge in [0.15, 0.2) is 17.5 Å². The SMILES string of the molecule is CCOc1cc(CCCNC(=NC)NCc2ccccc2Cn2cccn2)ccc1OC. The maximum atomic E-state index is 5.67. The van der Waals surface area contributed by atoms with Crippen LogP contribution < -0.4 is 20.1 Å². The van der Waals surface area contributed by atoms with Crippen molar-refractivity contribution in [2.75, 3.05) is 27.3 Å². The Hall–Kier alpha value is -3.48. The Balaban J connectivity index is 1.47. The Morgan fingerprint density at radius 3 is 2.62 bits per heavy atom. The number of nitrogens with zero attached hydrogens (tertiary/aromatic N) is 3. The predicted molar refractivity (Wildman–Crippen MR) is 128 cm³/mol. The van der Waals surface area contributed by atoms with Crippen molar-refractivity contribution in [2.24, 2.45) is 4.99 Å². The molecule has 1 heterocycles. The fourth-order valence-electron chi connectivity index (χ4n) is 3.50. The van der Waals surface area contributed by atoms with E-state index >= 15 is 0 Å². The molecule has 0 atom stereocenters. The Morgan fingerprint density at radius 2 is 1.91 bits per heavy atom. The minimum Gasteiger partial charge on any atom is -0.493 e. The van der Waals surface area contributed by atoms with E-state index in [9.17, 15) is 0 Å². The van der Waals surface area contributed by atoms with Gasteiger partial charge in [-0.3, -0.25) is 9.67 Å². The van der Waals surface area contributed by atoms with Gasteiger partial charge in [0.1, 0.15) is 0 Å². The summed E-state index contributed by atoms with van der Waals surface area (Å²) < 4.78 is 13.0. The molecule has 0 unspecified atom stereocenters. The normalized spacial score (nSPS) is 11.3. The highest BCUT2D eigenvalue weighted by Crippen LogP contribution is 2.28. The first-order valence-electron chi connectivity index (χ1n) is 11.0. The summed E-state index contributed by atoms with van der Waals surface area (Å²) in [6.07, 6.45) is 5.70. The van der Waals surface area contributed by atoms with Crippen molar-refractivity contribution in [1.82, 2.24) is 20.4 Å². The third-order valence-corrected chi connectivity index (χ3v) is 5.14. The van der Waals surface area contributed by atoms with Crippen LogP contribution in [-0.4, -0.2) is 43.0 Å². The van der Waals surface area contributed by atoms with Crippen LogP contribution in [0.2, 0.25) is 0 Å². The van der Waals surface area contributed by atoms with Crippen molar-refractivity contribution in [3.05, 3.63) is 77.6 Å². The highest BCUT2D eigenvalue weighted by Gasteiger charge is 2.07. The summed E-state index contributed by atoms with van der Waals surface area (Å²) in [5.74, 6) is 2.36. The third-order valence-electron chi connectivity index (χ3n) is 5.14. The van der Waals surface area contributed by atoms with Gasteiger partial charge in [-0.1, -0.05) is 30.3 Å². The van der Waals surface area contributed by atoms with Crippen molar-refractivity contribution < 1.29 is 9.47 Å². The molecule has 7 nitrogen and oxygen atoms in total. The van der Waals surface area contributed by atoms with Crippen molar-refractivity contribution in [2.45, 2.75) is 32.9 Å². The highest BCUT2D eigenvalue weighted by molar-refractivity contribution is 5.79. The zero-order chi connectivity index (χ0) is 22.6. The lowest BCUT2D eigenvalue weighted by Crippen LogP contribution is -2.37. The van der Waals surface area contributed by atoms with Crippen molar-refractivity contribution in [3.63, 3.8) is 0 Å². The van der Waals surface area contributed by atoms with Crippen molar-refractivity contribution in [1.29, 1.82) is 0 Å². The Bertz CT molecular complexity index is 986. The van der Waals surface area contributed by atoms with Gasteiger partial charge < -0.3 is 20.1 Å². The molecule has 32 heavy (non-hydrogen) atoms. The van der Waals surface area contributed by atoms with E-state index in [1.54, 1.807) is 20.4 Å². The molecular weight excluding hydrogens is 402 g/mol. The summed E-state index contributed by atoms with van der Waals surface area (Å²) in [6.45, 7) is 4.87. The van der Waals surface area contributed by atoms with Gasteiger partial charge in [0, 0.05) is 32.5 Å². The zero-order valence-corrected chi connectivity index (χ0v) is 19.2. The van der Waals surface area contributed by atoms with E-state index in [0.717, 1.165) is 43.4 Å². The van der Waals surface area contributed by atoms with Crippen LogP contribution >= 0.6 is 0 Å². The molecule has 0 saturated heterocycles. The largest absolute Gasteiger partial charge is 0.493 e. The van der Waals surface area contributed by atoms with Gasteiger partial charge in [0.05, 0.1) is 20.3 Å². The van der Waals surface area contributed by atoms with Crippen LogP contribution in [0.5, 0.6) is 11.5 Å². The standard InChI is InChI=1S/C25H33N5O2/c1-4-32-24-17-20(12-13-23(24)31-3)9-7-14-27-25(26-2)28-18-21-10-5-6-11-22(21)19-30-16-8-15-29-30/h5-6,8,10-13,15-17H,4,7,9,14,18-19H2,1-3H3,(H2,26,27,28). The second-order valence-electron chi connectivity index (χ2n) is 7.35. The molecule has 7 heteroatoms. The van der Waals surface area contributed by atoms with Crippen LogP contribution in [-0.2, 0) is 19.5 Å². The predicted octanol–water partition coefficient (Wildman–Crippen LogP) is 3.64. The van der Waals surface area contributed by atoms with Crippen molar-refractivity contribution >= 4 is 5.96 Å². The van der Waals surface area contributed by atoms with E-state index in [0.29, 0.717) is 13.2 Å². The number of methoxy groups -OCH3 is 1. The number of aromatic nitrogens is 2. The van der Waals surface area contributed by atoms with Crippen LogP contribution in [0.25, 0.3) is 0 Å². The summed E-state index contributed by atoms with van der Waals surface area (Å²) in [7, 11) is 3.46. The second-order valence-corrected chi connectivity index (χ2v) is 7.35. The zero-order valence-electron chi connectivity index (χ0n) is 19.2. The van der Waals surface area contributed by atoms with Crippen LogP contribution in [0.15, 0.2) is 65.9 Å². The Kier molecular flexibility index (Phi) is 8.98. The van der Waals surface area contributed by atoms with Gasteiger partial charge in [-0.05, 0) is 54.7 Å². The average molecular weight is 436 g/mol. The minimum absolute atomic E-state index is 0.619. The van der Waals surface area contributed by atoms with E-state index in [1.807, 2.05) is 29.9 Å². The molecule has 3 aromatic rings. The molecule has 170 valence electrons. The first-order valence-corrected chi connectivity index (χ1v) is 11.0. The van der Waals surface area contributed by atoms with E-state index in [2.05, 4.69) is 57.1 Å². The molecule has 0 aliphatic carbocycles. The summed E-state index contributed by atoms with van der Waals surface area (Å²) in [5.41, 5.74) is 3.70. The van der Waals surface area contributed by atoms with E-state index in [4.69, 9.17) is 9.47 Å². The molecule has 0 bridgehead atoms. The van der Waals surface area contributed by atoms with Gasteiger partial charge in [0.25, 0.3) is 0 Å². The number of guanidine groups is 1. The molecule has 0 saturated carbocycles. The number of aliphatic imine (C=N–C) groups is 1.